The second kappa shape index (κ2) is 10.8. The van der Waals surface area contributed by atoms with Gasteiger partial charge in [0.15, 0.2) is 0 Å². The van der Waals surface area contributed by atoms with Gasteiger partial charge in [-0.2, -0.15) is 0 Å². The number of carbonyl (C=O) groups excluding carboxylic acids is 1. The number of halogens is 1. The van der Waals surface area contributed by atoms with Gasteiger partial charge in [-0.3, -0.25) is 9.69 Å². The standard InChI is InChI=1S/C27H30ClN3O/c1-2-29-27(32)26-16-25(19-31(26)18-21-7-6-10-24(28)15-21)30-17-20-11-13-23(14-12-20)22-8-4-3-5-9-22/h3-15,25-26,30H,2,16-19H2,1H3,(H,29,32)/t25-,26+/m1/s1. The van der Waals surface area contributed by atoms with E-state index in [4.69, 9.17) is 11.6 Å². The van der Waals surface area contributed by atoms with E-state index in [2.05, 4.69) is 70.1 Å². The third-order valence-electron chi connectivity index (χ3n) is 5.99. The lowest BCUT2D eigenvalue weighted by Crippen LogP contribution is -2.42. The van der Waals surface area contributed by atoms with Crippen LogP contribution < -0.4 is 10.6 Å². The molecule has 0 aliphatic carbocycles. The third kappa shape index (κ3) is 5.77. The molecule has 0 aromatic heterocycles. The Bertz CT molecular complexity index is 1020. The summed E-state index contributed by atoms with van der Waals surface area (Å²) in [5, 5.41) is 7.39. The summed E-state index contributed by atoms with van der Waals surface area (Å²) in [5.41, 5.74) is 4.82. The molecule has 1 saturated heterocycles. The molecule has 0 radical (unpaired) electrons. The molecule has 1 aliphatic rings. The van der Waals surface area contributed by atoms with E-state index in [0.29, 0.717) is 13.1 Å². The fourth-order valence-corrected chi connectivity index (χ4v) is 4.58. The summed E-state index contributed by atoms with van der Waals surface area (Å²) in [6.07, 6.45) is 0.800. The zero-order valence-corrected chi connectivity index (χ0v) is 19.2. The van der Waals surface area contributed by atoms with E-state index in [1.54, 1.807) is 0 Å². The number of carbonyl (C=O) groups is 1. The molecule has 0 bridgehead atoms. The molecule has 1 heterocycles. The zero-order valence-electron chi connectivity index (χ0n) is 18.4. The molecule has 2 atom stereocenters. The summed E-state index contributed by atoms with van der Waals surface area (Å²) < 4.78 is 0. The lowest BCUT2D eigenvalue weighted by atomic mass is 10.0. The van der Waals surface area contributed by atoms with Crippen molar-refractivity contribution < 1.29 is 4.79 Å². The van der Waals surface area contributed by atoms with Crippen molar-refractivity contribution in [3.63, 3.8) is 0 Å². The van der Waals surface area contributed by atoms with Crippen LogP contribution in [0.25, 0.3) is 11.1 Å². The van der Waals surface area contributed by atoms with Gasteiger partial charge in [-0.05, 0) is 47.7 Å². The molecule has 2 N–H and O–H groups in total. The van der Waals surface area contributed by atoms with Crippen molar-refractivity contribution in [2.24, 2.45) is 0 Å². The minimum Gasteiger partial charge on any atom is -0.355 e. The summed E-state index contributed by atoms with van der Waals surface area (Å²) in [6, 6.07) is 27.1. The highest BCUT2D eigenvalue weighted by Crippen LogP contribution is 2.23. The first kappa shape index (κ1) is 22.5. The fourth-order valence-electron chi connectivity index (χ4n) is 4.37. The highest BCUT2D eigenvalue weighted by Gasteiger charge is 2.36. The van der Waals surface area contributed by atoms with Crippen LogP contribution in [0.5, 0.6) is 0 Å². The van der Waals surface area contributed by atoms with Crippen molar-refractivity contribution in [1.29, 1.82) is 0 Å². The van der Waals surface area contributed by atoms with Crippen LogP contribution in [0.2, 0.25) is 5.02 Å². The molecular weight excluding hydrogens is 418 g/mol. The second-order valence-electron chi connectivity index (χ2n) is 8.35. The van der Waals surface area contributed by atoms with E-state index in [-0.39, 0.29) is 18.0 Å². The normalized spacial score (nSPS) is 18.6. The van der Waals surface area contributed by atoms with Gasteiger partial charge in [0.05, 0.1) is 6.04 Å². The molecule has 1 fully saturated rings. The number of hydrogen-bond acceptors (Lipinski definition) is 3. The lowest BCUT2D eigenvalue weighted by Gasteiger charge is -2.23. The van der Waals surface area contributed by atoms with Gasteiger partial charge in [-0.15, -0.1) is 0 Å². The van der Waals surface area contributed by atoms with Crippen LogP contribution >= 0.6 is 11.6 Å². The van der Waals surface area contributed by atoms with Gasteiger partial charge in [0.1, 0.15) is 0 Å². The minimum atomic E-state index is -0.133. The predicted octanol–water partition coefficient (Wildman–Crippen LogP) is 4.88. The number of rotatable bonds is 8. The fraction of sp³-hybridized carbons (Fsp3) is 0.296. The monoisotopic (exact) mass is 447 g/mol. The van der Waals surface area contributed by atoms with Crippen LogP contribution in [0.4, 0.5) is 0 Å². The van der Waals surface area contributed by atoms with Gasteiger partial charge in [-0.25, -0.2) is 0 Å². The number of benzene rings is 3. The Hall–Kier alpha value is -2.66. The Morgan fingerprint density at radius 2 is 1.72 bits per heavy atom. The predicted molar refractivity (Wildman–Crippen MR) is 131 cm³/mol. The SMILES string of the molecule is CCNC(=O)[C@@H]1C[C@@H](NCc2ccc(-c3ccccc3)cc2)CN1Cc1cccc(Cl)c1. The molecule has 0 unspecified atom stereocenters. The Morgan fingerprint density at radius 1 is 0.969 bits per heavy atom. The average Bonchev–Trinajstić information content (AvgIpc) is 3.21. The number of likely N-dealkylation sites (tertiary alicyclic amines) is 1. The van der Waals surface area contributed by atoms with Crippen LogP contribution in [-0.2, 0) is 17.9 Å². The topological polar surface area (TPSA) is 44.4 Å². The second-order valence-corrected chi connectivity index (χ2v) is 8.78. The van der Waals surface area contributed by atoms with Crippen molar-refractivity contribution in [1.82, 2.24) is 15.5 Å². The first-order valence-electron chi connectivity index (χ1n) is 11.3. The molecule has 0 saturated carbocycles. The van der Waals surface area contributed by atoms with E-state index in [9.17, 15) is 4.79 Å². The smallest absolute Gasteiger partial charge is 0.237 e. The number of likely N-dealkylation sites (N-methyl/N-ethyl adjacent to an activating group) is 1. The Balaban J connectivity index is 1.38. The van der Waals surface area contributed by atoms with Crippen LogP contribution in [0.1, 0.15) is 24.5 Å². The van der Waals surface area contributed by atoms with Crippen LogP contribution in [-0.4, -0.2) is 36.0 Å². The molecule has 3 aromatic carbocycles. The van der Waals surface area contributed by atoms with Gasteiger partial charge in [0.25, 0.3) is 0 Å². The van der Waals surface area contributed by atoms with Gasteiger partial charge in [0, 0.05) is 37.2 Å². The summed E-state index contributed by atoms with van der Waals surface area (Å²) in [7, 11) is 0. The molecule has 5 heteroatoms. The van der Waals surface area contributed by atoms with Gasteiger partial charge < -0.3 is 10.6 Å². The van der Waals surface area contributed by atoms with Gasteiger partial charge in [0.2, 0.25) is 5.91 Å². The maximum atomic E-state index is 12.7. The third-order valence-corrected chi connectivity index (χ3v) is 6.22. The number of hydrogen-bond donors (Lipinski definition) is 2. The van der Waals surface area contributed by atoms with E-state index in [0.717, 1.165) is 30.1 Å². The molecule has 4 rings (SSSR count). The largest absolute Gasteiger partial charge is 0.355 e. The van der Waals surface area contributed by atoms with Gasteiger partial charge >= 0.3 is 0 Å². The van der Waals surface area contributed by atoms with Crippen LogP contribution in [0.3, 0.4) is 0 Å². The zero-order chi connectivity index (χ0) is 22.3. The average molecular weight is 448 g/mol. The number of nitrogens with one attached hydrogen (secondary N) is 2. The number of nitrogens with zero attached hydrogens (tertiary/aromatic N) is 1. The Morgan fingerprint density at radius 3 is 2.44 bits per heavy atom. The quantitative estimate of drug-likeness (QED) is 0.517. The maximum Gasteiger partial charge on any atom is 0.237 e. The van der Waals surface area contributed by atoms with Crippen molar-refractivity contribution in [3.05, 3.63) is 95.0 Å². The van der Waals surface area contributed by atoms with Crippen molar-refractivity contribution in [2.75, 3.05) is 13.1 Å². The summed E-state index contributed by atoms with van der Waals surface area (Å²) >= 11 is 6.17. The van der Waals surface area contributed by atoms with E-state index in [1.165, 1.54) is 16.7 Å². The summed E-state index contributed by atoms with van der Waals surface area (Å²) in [5.74, 6) is 0.103. The summed E-state index contributed by atoms with van der Waals surface area (Å²) in [4.78, 5) is 15.0. The van der Waals surface area contributed by atoms with E-state index >= 15 is 0 Å². The van der Waals surface area contributed by atoms with Gasteiger partial charge in [-0.1, -0.05) is 78.3 Å². The molecule has 0 spiro atoms. The van der Waals surface area contributed by atoms with Crippen LogP contribution in [0.15, 0.2) is 78.9 Å². The first-order valence-corrected chi connectivity index (χ1v) is 11.6. The molecule has 4 nitrogen and oxygen atoms in total. The number of amides is 1. The molecule has 1 amide bonds. The maximum absolute atomic E-state index is 12.7. The van der Waals surface area contributed by atoms with Crippen LogP contribution in [0, 0.1) is 0 Å². The summed E-state index contributed by atoms with van der Waals surface area (Å²) in [6.45, 7) is 4.94. The van der Waals surface area contributed by atoms with E-state index < -0.39 is 0 Å². The molecular formula is C27H30ClN3O. The first-order chi connectivity index (χ1) is 15.6. The van der Waals surface area contributed by atoms with Crippen molar-refractivity contribution in [3.8, 4) is 11.1 Å². The van der Waals surface area contributed by atoms with E-state index in [1.807, 2.05) is 31.2 Å². The highest BCUT2D eigenvalue weighted by molar-refractivity contribution is 6.30. The molecule has 32 heavy (non-hydrogen) atoms. The highest BCUT2D eigenvalue weighted by atomic mass is 35.5. The molecule has 3 aromatic rings. The Labute approximate surface area is 195 Å². The van der Waals surface area contributed by atoms with Crippen molar-refractivity contribution >= 4 is 17.5 Å². The minimum absolute atomic E-state index is 0.103. The Kier molecular flexibility index (Phi) is 7.59. The lowest BCUT2D eigenvalue weighted by molar-refractivity contribution is -0.125. The van der Waals surface area contributed by atoms with Crippen molar-refractivity contribution in [2.45, 2.75) is 38.5 Å². The molecule has 1 aliphatic heterocycles. The molecule has 166 valence electrons.